The van der Waals surface area contributed by atoms with Crippen LogP contribution in [0.15, 0.2) is 121 Å². The van der Waals surface area contributed by atoms with Gasteiger partial charge < -0.3 is 9.13 Å². The van der Waals surface area contributed by atoms with E-state index >= 15 is 0 Å². The molecule has 44 heavy (non-hydrogen) atoms. The van der Waals surface area contributed by atoms with Gasteiger partial charge in [0.2, 0.25) is 0 Å². The highest BCUT2D eigenvalue weighted by molar-refractivity contribution is 6.10. The first-order valence-electron chi connectivity index (χ1n) is 14.6. The van der Waals surface area contributed by atoms with E-state index in [9.17, 15) is 5.26 Å². The minimum absolute atomic E-state index is 0.511. The van der Waals surface area contributed by atoms with E-state index in [-0.39, 0.29) is 0 Å². The van der Waals surface area contributed by atoms with Crippen LogP contribution in [0.5, 0.6) is 0 Å². The molecule has 0 atom stereocenters. The number of aryl methyl sites for hydroxylation is 2. The van der Waals surface area contributed by atoms with E-state index in [0.717, 1.165) is 44.6 Å². The standard InChI is InChI=1S/C40H26N4/c1-25-12-18-39-34(20-25)30-8-4-6-10-37(30)43(39)28-15-14-27(24-41)32(22-28)33-23-29(16-17-36(33)42-3)44-38-11-7-5-9-31(38)35-21-26(2)13-19-40(35)44/h4-23H,1-2H3. The Bertz CT molecular complexity index is 2370. The molecule has 4 nitrogen and oxygen atoms in total. The molecule has 0 saturated heterocycles. The second kappa shape index (κ2) is 9.73. The molecule has 6 aromatic carbocycles. The number of nitriles is 1. The fourth-order valence-corrected chi connectivity index (χ4v) is 6.70. The minimum Gasteiger partial charge on any atom is -0.309 e. The molecule has 0 aliphatic rings. The predicted octanol–water partition coefficient (Wildman–Crippen LogP) is 10.6. The zero-order valence-electron chi connectivity index (χ0n) is 24.3. The lowest BCUT2D eigenvalue weighted by molar-refractivity contribution is 1.17. The Balaban J connectivity index is 1.40. The Morgan fingerprint density at radius 2 is 1.05 bits per heavy atom. The average molecular weight is 563 g/mol. The molecule has 0 aliphatic carbocycles. The van der Waals surface area contributed by atoms with Crippen molar-refractivity contribution in [1.82, 2.24) is 9.13 Å². The normalized spacial score (nSPS) is 11.4. The maximum Gasteiger partial charge on any atom is 0.195 e. The maximum atomic E-state index is 10.3. The lowest BCUT2D eigenvalue weighted by Crippen LogP contribution is -1.98. The van der Waals surface area contributed by atoms with Crippen molar-refractivity contribution in [2.24, 2.45) is 0 Å². The van der Waals surface area contributed by atoms with Gasteiger partial charge in [0.1, 0.15) is 0 Å². The first-order valence-corrected chi connectivity index (χ1v) is 14.6. The third kappa shape index (κ3) is 3.76. The summed E-state index contributed by atoms with van der Waals surface area (Å²) in [5.74, 6) is 0. The first kappa shape index (κ1) is 25.6. The summed E-state index contributed by atoms with van der Waals surface area (Å²) in [5.41, 5.74) is 11.3. The molecule has 8 aromatic rings. The molecule has 0 unspecified atom stereocenters. The summed E-state index contributed by atoms with van der Waals surface area (Å²) in [6.45, 7) is 12.3. The van der Waals surface area contributed by atoms with Gasteiger partial charge in [-0.15, -0.1) is 0 Å². The van der Waals surface area contributed by atoms with Crippen LogP contribution in [0.3, 0.4) is 0 Å². The van der Waals surface area contributed by atoms with E-state index in [0.29, 0.717) is 11.3 Å². The van der Waals surface area contributed by atoms with Crippen LogP contribution in [0.1, 0.15) is 16.7 Å². The smallest absolute Gasteiger partial charge is 0.195 e. The zero-order valence-corrected chi connectivity index (χ0v) is 24.3. The Labute approximate surface area is 255 Å². The van der Waals surface area contributed by atoms with E-state index < -0.39 is 0 Å². The lowest BCUT2D eigenvalue weighted by atomic mass is 9.97. The van der Waals surface area contributed by atoms with Crippen molar-refractivity contribution >= 4 is 49.3 Å². The molecule has 0 fully saturated rings. The second-order valence-corrected chi connectivity index (χ2v) is 11.4. The highest BCUT2D eigenvalue weighted by Gasteiger charge is 2.18. The fourth-order valence-electron chi connectivity index (χ4n) is 6.70. The average Bonchev–Trinajstić information content (AvgIpc) is 3.56. The predicted molar refractivity (Wildman–Crippen MR) is 181 cm³/mol. The third-order valence-corrected chi connectivity index (χ3v) is 8.69. The van der Waals surface area contributed by atoms with Crippen molar-refractivity contribution in [2.75, 3.05) is 0 Å². The van der Waals surface area contributed by atoms with Crippen molar-refractivity contribution < 1.29 is 0 Å². The number of hydrogen-bond acceptors (Lipinski definition) is 1. The molecule has 0 amide bonds. The highest BCUT2D eigenvalue weighted by atomic mass is 15.0. The number of para-hydroxylation sites is 2. The fraction of sp³-hybridized carbons (Fsp3) is 0.0500. The zero-order chi connectivity index (χ0) is 29.9. The molecule has 0 radical (unpaired) electrons. The van der Waals surface area contributed by atoms with Crippen molar-refractivity contribution in [1.29, 1.82) is 5.26 Å². The number of benzene rings is 6. The van der Waals surface area contributed by atoms with Gasteiger partial charge in [0.05, 0.1) is 40.3 Å². The molecular weight excluding hydrogens is 536 g/mol. The van der Waals surface area contributed by atoms with Gasteiger partial charge in [-0.3, -0.25) is 0 Å². The van der Waals surface area contributed by atoms with E-state index in [1.165, 1.54) is 32.7 Å². The van der Waals surface area contributed by atoms with E-state index in [2.05, 4.69) is 131 Å². The number of fused-ring (bicyclic) bond motifs is 6. The van der Waals surface area contributed by atoms with E-state index in [1.54, 1.807) is 0 Å². The lowest BCUT2D eigenvalue weighted by Gasteiger charge is -2.15. The molecule has 0 N–H and O–H groups in total. The van der Waals surface area contributed by atoms with Crippen molar-refractivity contribution in [3.63, 3.8) is 0 Å². The van der Waals surface area contributed by atoms with Crippen LogP contribution in [-0.4, -0.2) is 9.13 Å². The van der Waals surface area contributed by atoms with Gasteiger partial charge in [-0.05, 0) is 91.7 Å². The van der Waals surface area contributed by atoms with Crippen molar-refractivity contribution in [3.05, 3.63) is 149 Å². The van der Waals surface area contributed by atoms with E-state index in [1.807, 2.05) is 24.3 Å². The molecule has 206 valence electrons. The van der Waals surface area contributed by atoms with Crippen LogP contribution in [-0.2, 0) is 0 Å². The number of rotatable bonds is 3. The van der Waals surface area contributed by atoms with Gasteiger partial charge in [-0.25, -0.2) is 4.85 Å². The Hall–Kier alpha value is -6.10. The summed E-state index contributed by atoms with van der Waals surface area (Å²) in [6, 6.07) is 44.2. The molecular formula is C40H26N4. The van der Waals surface area contributed by atoms with Crippen molar-refractivity contribution in [2.45, 2.75) is 13.8 Å². The summed E-state index contributed by atoms with van der Waals surface area (Å²) in [6.07, 6.45) is 0. The van der Waals surface area contributed by atoms with Crippen LogP contribution in [0.4, 0.5) is 5.69 Å². The van der Waals surface area contributed by atoms with Gasteiger partial charge in [0.15, 0.2) is 5.69 Å². The third-order valence-electron chi connectivity index (χ3n) is 8.69. The molecule has 0 saturated carbocycles. The van der Waals surface area contributed by atoms with Crippen LogP contribution in [0, 0.1) is 31.8 Å². The summed E-state index contributed by atoms with van der Waals surface area (Å²) in [7, 11) is 0. The number of aromatic nitrogens is 2. The molecule has 4 heteroatoms. The monoisotopic (exact) mass is 562 g/mol. The molecule has 0 aliphatic heterocycles. The SMILES string of the molecule is [C-]#[N+]c1ccc(-n2c3ccccc3c3cc(C)ccc32)cc1-c1cc(-n2c3ccccc3c3cc(C)ccc32)ccc1C#N. The Morgan fingerprint density at radius 3 is 1.59 bits per heavy atom. The van der Waals surface area contributed by atoms with Gasteiger partial charge in [0.25, 0.3) is 0 Å². The molecule has 8 rings (SSSR count). The Morgan fingerprint density at radius 1 is 0.545 bits per heavy atom. The van der Waals surface area contributed by atoms with Gasteiger partial charge >= 0.3 is 0 Å². The minimum atomic E-state index is 0.511. The summed E-state index contributed by atoms with van der Waals surface area (Å²) in [5, 5.41) is 15.0. The van der Waals surface area contributed by atoms with Gasteiger partial charge in [-0.1, -0.05) is 65.7 Å². The molecule has 2 aromatic heterocycles. The topological polar surface area (TPSA) is 38.0 Å². The van der Waals surface area contributed by atoms with Crippen molar-refractivity contribution in [3.8, 4) is 28.6 Å². The van der Waals surface area contributed by atoms with Crippen LogP contribution < -0.4 is 0 Å². The molecule has 2 heterocycles. The number of nitrogens with zero attached hydrogens (tertiary/aromatic N) is 4. The summed E-state index contributed by atoms with van der Waals surface area (Å²) in [4.78, 5) is 3.91. The summed E-state index contributed by atoms with van der Waals surface area (Å²) < 4.78 is 4.51. The second-order valence-electron chi connectivity index (χ2n) is 11.4. The maximum absolute atomic E-state index is 10.3. The van der Waals surface area contributed by atoms with Crippen LogP contribution >= 0.6 is 0 Å². The number of hydrogen-bond donors (Lipinski definition) is 0. The largest absolute Gasteiger partial charge is 0.309 e. The first-order chi connectivity index (χ1) is 21.6. The highest BCUT2D eigenvalue weighted by Crippen LogP contribution is 2.40. The van der Waals surface area contributed by atoms with E-state index in [4.69, 9.17) is 6.57 Å². The van der Waals surface area contributed by atoms with Gasteiger partial charge in [0, 0.05) is 32.9 Å². The van der Waals surface area contributed by atoms with Gasteiger partial charge in [-0.2, -0.15) is 5.26 Å². The summed E-state index contributed by atoms with van der Waals surface area (Å²) >= 11 is 0. The van der Waals surface area contributed by atoms with Crippen LogP contribution in [0.2, 0.25) is 0 Å². The van der Waals surface area contributed by atoms with Crippen LogP contribution in [0.25, 0.3) is 71.0 Å². The molecule has 0 spiro atoms. The quantitative estimate of drug-likeness (QED) is 0.197. The molecule has 0 bridgehead atoms. The Kier molecular flexibility index (Phi) is 5.66.